The van der Waals surface area contributed by atoms with Crippen molar-refractivity contribution in [2.75, 3.05) is 13.1 Å². The maximum Gasteiger partial charge on any atom is 0.239 e. The molecular weight excluding hydrogens is 256 g/mol. The van der Waals surface area contributed by atoms with Gasteiger partial charge in [-0.25, -0.2) is 0 Å². The first-order chi connectivity index (χ1) is 9.38. The number of hydrogen-bond acceptors (Lipinski definition) is 4. The third-order valence-electron chi connectivity index (χ3n) is 4.11. The van der Waals surface area contributed by atoms with Gasteiger partial charge in [-0.1, -0.05) is 19.9 Å². The molecule has 1 heterocycles. The molecule has 1 aliphatic heterocycles. The molecule has 1 saturated heterocycles. The Labute approximate surface area is 119 Å². The maximum absolute atomic E-state index is 12.3. The Bertz CT molecular complexity index is 494. The number of hydrogen-bond donors (Lipinski definition) is 3. The minimum absolute atomic E-state index is 0.0474. The Morgan fingerprint density at radius 3 is 2.45 bits per heavy atom. The summed E-state index contributed by atoms with van der Waals surface area (Å²) in [6.07, 6.45) is 0.353. The standard InChI is InChI=1S/C15H22N2O3/c1-9-7-17(8-10(9)2)15(20)12(16)5-11-3-4-13(18)14(19)6-11/h3-4,6,9-10,12,18-19H,5,7-8,16H2,1-2H3/t9?,10?,12-/m0/s1. The van der Waals surface area contributed by atoms with Gasteiger partial charge in [0.2, 0.25) is 5.91 Å². The molecule has 1 aromatic rings. The second-order valence-corrected chi connectivity index (χ2v) is 5.83. The highest BCUT2D eigenvalue weighted by atomic mass is 16.3. The monoisotopic (exact) mass is 278 g/mol. The van der Waals surface area contributed by atoms with Crippen LogP contribution in [0.4, 0.5) is 0 Å². The first kappa shape index (κ1) is 14.7. The van der Waals surface area contributed by atoms with Crippen LogP contribution < -0.4 is 5.73 Å². The summed E-state index contributed by atoms with van der Waals surface area (Å²) in [6, 6.07) is 3.90. The van der Waals surface area contributed by atoms with E-state index in [2.05, 4.69) is 13.8 Å². The van der Waals surface area contributed by atoms with Crippen molar-refractivity contribution in [2.45, 2.75) is 26.3 Å². The lowest BCUT2D eigenvalue weighted by atomic mass is 10.0. The Kier molecular flexibility index (Phi) is 4.18. The molecule has 1 amide bonds. The second kappa shape index (κ2) is 5.71. The molecule has 5 nitrogen and oxygen atoms in total. The van der Waals surface area contributed by atoms with E-state index in [1.165, 1.54) is 12.1 Å². The van der Waals surface area contributed by atoms with Crippen LogP contribution in [0, 0.1) is 11.8 Å². The molecule has 1 fully saturated rings. The average Bonchev–Trinajstić information content (AvgIpc) is 2.73. The van der Waals surface area contributed by atoms with Gasteiger partial charge < -0.3 is 20.8 Å². The zero-order valence-electron chi connectivity index (χ0n) is 11.9. The van der Waals surface area contributed by atoms with Crippen molar-refractivity contribution in [1.82, 2.24) is 4.90 Å². The first-order valence-corrected chi connectivity index (χ1v) is 6.93. The van der Waals surface area contributed by atoms with Crippen LogP contribution in [0.25, 0.3) is 0 Å². The van der Waals surface area contributed by atoms with Crippen molar-refractivity contribution in [1.29, 1.82) is 0 Å². The number of phenols is 2. The molecule has 1 aliphatic rings. The molecule has 0 aliphatic carbocycles. The van der Waals surface area contributed by atoms with E-state index in [-0.39, 0.29) is 17.4 Å². The number of likely N-dealkylation sites (tertiary alicyclic amines) is 1. The van der Waals surface area contributed by atoms with E-state index < -0.39 is 6.04 Å². The van der Waals surface area contributed by atoms with E-state index in [0.717, 1.165) is 18.7 Å². The number of phenolic OH excluding ortho intramolecular Hbond substituents is 2. The van der Waals surface area contributed by atoms with E-state index in [4.69, 9.17) is 5.73 Å². The van der Waals surface area contributed by atoms with Gasteiger partial charge in [-0.3, -0.25) is 4.79 Å². The summed E-state index contributed by atoms with van der Waals surface area (Å²) >= 11 is 0. The third kappa shape index (κ3) is 3.04. The summed E-state index contributed by atoms with van der Waals surface area (Å²) in [5.41, 5.74) is 6.71. The van der Waals surface area contributed by atoms with Gasteiger partial charge in [0.15, 0.2) is 11.5 Å². The van der Waals surface area contributed by atoms with Crippen LogP contribution in [0.3, 0.4) is 0 Å². The minimum atomic E-state index is -0.614. The van der Waals surface area contributed by atoms with Gasteiger partial charge in [0.25, 0.3) is 0 Å². The van der Waals surface area contributed by atoms with Gasteiger partial charge in [-0.15, -0.1) is 0 Å². The molecule has 0 radical (unpaired) electrons. The number of carbonyl (C=O) groups is 1. The summed E-state index contributed by atoms with van der Waals surface area (Å²) < 4.78 is 0. The summed E-state index contributed by atoms with van der Waals surface area (Å²) in [6.45, 7) is 5.80. The number of nitrogens with zero attached hydrogens (tertiary/aromatic N) is 1. The minimum Gasteiger partial charge on any atom is -0.504 e. The fraction of sp³-hybridized carbons (Fsp3) is 0.533. The van der Waals surface area contributed by atoms with Gasteiger partial charge >= 0.3 is 0 Å². The molecule has 4 N–H and O–H groups in total. The SMILES string of the molecule is CC1CN(C(=O)[C@@H](N)Cc2ccc(O)c(O)c2)CC1C. The van der Waals surface area contributed by atoms with Gasteiger partial charge in [0, 0.05) is 13.1 Å². The predicted octanol–water partition coefficient (Wildman–Crippen LogP) is 1.08. The van der Waals surface area contributed by atoms with Crippen LogP contribution in [0.1, 0.15) is 19.4 Å². The molecule has 110 valence electrons. The van der Waals surface area contributed by atoms with Gasteiger partial charge in [0.1, 0.15) is 0 Å². The van der Waals surface area contributed by atoms with Crippen molar-refractivity contribution in [3.63, 3.8) is 0 Å². The molecule has 0 spiro atoms. The van der Waals surface area contributed by atoms with Gasteiger partial charge in [0.05, 0.1) is 6.04 Å². The number of amides is 1. The molecule has 2 unspecified atom stereocenters. The van der Waals surface area contributed by atoms with Crippen molar-refractivity contribution in [2.24, 2.45) is 17.6 Å². The molecule has 0 saturated carbocycles. The maximum atomic E-state index is 12.3. The summed E-state index contributed by atoms with van der Waals surface area (Å²) in [5.74, 6) is 0.600. The molecule has 2 rings (SSSR count). The fourth-order valence-corrected chi connectivity index (χ4v) is 2.58. The average molecular weight is 278 g/mol. The van der Waals surface area contributed by atoms with E-state index >= 15 is 0 Å². The highest BCUT2D eigenvalue weighted by Gasteiger charge is 2.31. The van der Waals surface area contributed by atoms with E-state index in [1.807, 2.05) is 4.90 Å². The van der Waals surface area contributed by atoms with Crippen molar-refractivity contribution < 1.29 is 15.0 Å². The van der Waals surface area contributed by atoms with E-state index in [0.29, 0.717) is 18.3 Å². The van der Waals surface area contributed by atoms with Gasteiger partial charge in [-0.05, 0) is 36.0 Å². The zero-order chi connectivity index (χ0) is 14.9. The lowest BCUT2D eigenvalue weighted by molar-refractivity contribution is -0.131. The highest BCUT2D eigenvalue weighted by Crippen LogP contribution is 2.26. The smallest absolute Gasteiger partial charge is 0.239 e. The number of rotatable bonds is 3. The molecule has 3 atom stereocenters. The number of carbonyl (C=O) groups excluding carboxylic acids is 1. The lowest BCUT2D eigenvalue weighted by Crippen LogP contribution is -2.44. The highest BCUT2D eigenvalue weighted by molar-refractivity contribution is 5.82. The number of nitrogens with two attached hydrogens (primary N) is 1. The summed E-state index contributed by atoms with van der Waals surface area (Å²) in [5, 5.41) is 18.7. The molecule has 0 aromatic heterocycles. The number of benzene rings is 1. The van der Waals surface area contributed by atoms with E-state index in [1.54, 1.807) is 6.07 Å². The normalized spacial score (nSPS) is 23.9. The van der Waals surface area contributed by atoms with E-state index in [9.17, 15) is 15.0 Å². The second-order valence-electron chi connectivity index (χ2n) is 5.83. The third-order valence-corrected chi connectivity index (χ3v) is 4.11. The quantitative estimate of drug-likeness (QED) is 0.722. The van der Waals surface area contributed by atoms with Crippen LogP contribution in [0.5, 0.6) is 11.5 Å². The lowest BCUT2D eigenvalue weighted by Gasteiger charge is -2.21. The Hall–Kier alpha value is -1.75. The Balaban J connectivity index is 1.99. The van der Waals surface area contributed by atoms with Crippen LogP contribution in [-0.4, -0.2) is 40.2 Å². The predicted molar refractivity (Wildman–Crippen MR) is 76.4 cm³/mol. The van der Waals surface area contributed by atoms with Gasteiger partial charge in [-0.2, -0.15) is 0 Å². The van der Waals surface area contributed by atoms with Crippen LogP contribution in [0.15, 0.2) is 18.2 Å². The topological polar surface area (TPSA) is 86.8 Å². The zero-order valence-corrected chi connectivity index (χ0v) is 11.9. The molecule has 20 heavy (non-hydrogen) atoms. The van der Waals surface area contributed by atoms with Crippen LogP contribution >= 0.6 is 0 Å². The van der Waals surface area contributed by atoms with Crippen molar-refractivity contribution >= 4 is 5.91 Å². The summed E-state index contributed by atoms with van der Waals surface area (Å²) in [4.78, 5) is 14.1. The number of aromatic hydroxyl groups is 2. The molecule has 1 aromatic carbocycles. The summed E-state index contributed by atoms with van der Waals surface area (Å²) in [7, 11) is 0. The Morgan fingerprint density at radius 2 is 1.90 bits per heavy atom. The largest absolute Gasteiger partial charge is 0.504 e. The molecular formula is C15H22N2O3. The van der Waals surface area contributed by atoms with Crippen molar-refractivity contribution in [3.8, 4) is 11.5 Å². The van der Waals surface area contributed by atoms with Crippen LogP contribution in [-0.2, 0) is 11.2 Å². The molecule has 0 bridgehead atoms. The molecule has 5 heteroatoms. The fourth-order valence-electron chi connectivity index (χ4n) is 2.58. The van der Waals surface area contributed by atoms with Crippen LogP contribution in [0.2, 0.25) is 0 Å². The Morgan fingerprint density at radius 1 is 1.30 bits per heavy atom. The van der Waals surface area contributed by atoms with Crippen molar-refractivity contribution in [3.05, 3.63) is 23.8 Å². The first-order valence-electron chi connectivity index (χ1n) is 6.93.